The fourth-order valence-corrected chi connectivity index (χ4v) is 2.40. The first-order chi connectivity index (χ1) is 6.11. The van der Waals surface area contributed by atoms with Crippen molar-refractivity contribution < 1.29 is 0 Å². The van der Waals surface area contributed by atoms with Gasteiger partial charge < -0.3 is 10.6 Å². The van der Waals surface area contributed by atoms with Crippen LogP contribution in [0.25, 0.3) is 0 Å². The zero-order valence-electron chi connectivity index (χ0n) is 9.29. The van der Waals surface area contributed by atoms with E-state index in [1.54, 1.807) is 0 Å². The van der Waals surface area contributed by atoms with Gasteiger partial charge in [0.25, 0.3) is 0 Å². The molecule has 0 aromatic heterocycles. The Kier molecular flexibility index (Phi) is 4.20. The Bertz CT molecular complexity index is 137. The monoisotopic (exact) mass is 184 g/mol. The Balaban J connectivity index is 2.32. The first-order valence-electron chi connectivity index (χ1n) is 5.59. The third kappa shape index (κ3) is 3.65. The Morgan fingerprint density at radius 2 is 1.85 bits per heavy atom. The van der Waals surface area contributed by atoms with E-state index in [0.717, 1.165) is 24.8 Å². The van der Waals surface area contributed by atoms with Gasteiger partial charge in [0.2, 0.25) is 0 Å². The molecular weight excluding hydrogens is 160 g/mol. The molecule has 1 aliphatic heterocycles. The van der Waals surface area contributed by atoms with E-state index >= 15 is 0 Å². The molecule has 1 aliphatic rings. The van der Waals surface area contributed by atoms with Crippen LogP contribution in [0.1, 0.15) is 33.6 Å². The fraction of sp³-hybridized carbons (Fsp3) is 1.00. The molecule has 1 saturated heterocycles. The fourth-order valence-electron chi connectivity index (χ4n) is 2.40. The molecule has 3 unspecified atom stereocenters. The Labute approximate surface area is 82.5 Å². The lowest BCUT2D eigenvalue weighted by Gasteiger charge is -2.36. The van der Waals surface area contributed by atoms with Gasteiger partial charge in [0.05, 0.1) is 0 Å². The number of piperidine rings is 1. The van der Waals surface area contributed by atoms with Crippen LogP contribution in [0.2, 0.25) is 0 Å². The van der Waals surface area contributed by atoms with E-state index in [1.807, 2.05) is 0 Å². The summed E-state index contributed by atoms with van der Waals surface area (Å²) in [5.41, 5.74) is 5.95. The molecule has 0 aromatic carbocycles. The second-order valence-corrected chi connectivity index (χ2v) is 4.83. The van der Waals surface area contributed by atoms with Gasteiger partial charge in [0.15, 0.2) is 0 Å². The van der Waals surface area contributed by atoms with Crippen molar-refractivity contribution in [2.75, 3.05) is 19.6 Å². The molecule has 1 rings (SSSR count). The normalized spacial score (nSPS) is 33.2. The van der Waals surface area contributed by atoms with Crippen LogP contribution < -0.4 is 5.73 Å². The van der Waals surface area contributed by atoms with Crippen LogP contribution in [-0.2, 0) is 0 Å². The lowest BCUT2D eigenvalue weighted by atomic mass is 9.91. The summed E-state index contributed by atoms with van der Waals surface area (Å²) in [5.74, 6) is 1.71. The minimum Gasteiger partial charge on any atom is -0.327 e. The number of nitrogens with zero attached hydrogens (tertiary/aromatic N) is 1. The molecule has 0 aliphatic carbocycles. The van der Waals surface area contributed by atoms with Gasteiger partial charge in [-0.1, -0.05) is 20.8 Å². The summed E-state index contributed by atoms with van der Waals surface area (Å²) in [5, 5.41) is 0. The van der Waals surface area contributed by atoms with Crippen molar-refractivity contribution in [2.45, 2.75) is 39.7 Å². The quantitative estimate of drug-likeness (QED) is 0.723. The van der Waals surface area contributed by atoms with Crippen LogP contribution in [-0.4, -0.2) is 30.6 Å². The lowest BCUT2D eigenvalue weighted by molar-refractivity contribution is 0.133. The molecule has 1 heterocycles. The topological polar surface area (TPSA) is 29.3 Å². The van der Waals surface area contributed by atoms with E-state index in [1.165, 1.54) is 19.5 Å². The molecule has 0 bridgehead atoms. The van der Waals surface area contributed by atoms with E-state index in [4.69, 9.17) is 5.73 Å². The summed E-state index contributed by atoms with van der Waals surface area (Å²) in [6.07, 6.45) is 2.48. The molecule has 0 radical (unpaired) electrons. The zero-order valence-corrected chi connectivity index (χ0v) is 9.29. The molecule has 0 spiro atoms. The van der Waals surface area contributed by atoms with E-state index in [-0.39, 0.29) is 0 Å². The van der Waals surface area contributed by atoms with E-state index < -0.39 is 0 Å². The van der Waals surface area contributed by atoms with Crippen molar-refractivity contribution in [3.05, 3.63) is 0 Å². The minimum atomic E-state index is 0.373. The Morgan fingerprint density at radius 1 is 1.31 bits per heavy atom. The second kappa shape index (κ2) is 4.97. The van der Waals surface area contributed by atoms with E-state index in [0.29, 0.717) is 6.04 Å². The SMILES string of the molecule is CCC(N)CN1CC(C)CC(C)C1. The molecule has 1 fully saturated rings. The number of hydrogen-bond acceptors (Lipinski definition) is 2. The average molecular weight is 184 g/mol. The van der Waals surface area contributed by atoms with Gasteiger partial charge in [-0.25, -0.2) is 0 Å². The van der Waals surface area contributed by atoms with E-state index in [2.05, 4.69) is 25.7 Å². The summed E-state index contributed by atoms with van der Waals surface area (Å²) in [4.78, 5) is 2.53. The third-order valence-electron chi connectivity index (χ3n) is 2.96. The van der Waals surface area contributed by atoms with Crippen LogP contribution >= 0.6 is 0 Å². The molecule has 2 N–H and O–H groups in total. The van der Waals surface area contributed by atoms with Gasteiger partial charge in [0, 0.05) is 25.7 Å². The van der Waals surface area contributed by atoms with Crippen LogP contribution in [0.5, 0.6) is 0 Å². The standard InChI is InChI=1S/C11H24N2/c1-4-11(12)8-13-6-9(2)5-10(3)7-13/h9-11H,4-8,12H2,1-3H3. The van der Waals surface area contributed by atoms with Gasteiger partial charge in [-0.05, 0) is 24.7 Å². The molecule has 2 nitrogen and oxygen atoms in total. The molecular formula is C11H24N2. The van der Waals surface area contributed by atoms with Gasteiger partial charge >= 0.3 is 0 Å². The molecule has 3 atom stereocenters. The maximum Gasteiger partial charge on any atom is 0.0165 e. The van der Waals surface area contributed by atoms with Crippen molar-refractivity contribution in [1.29, 1.82) is 0 Å². The Hall–Kier alpha value is -0.0800. The third-order valence-corrected chi connectivity index (χ3v) is 2.96. The highest BCUT2D eigenvalue weighted by Gasteiger charge is 2.22. The lowest BCUT2D eigenvalue weighted by Crippen LogP contribution is -2.44. The highest BCUT2D eigenvalue weighted by Crippen LogP contribution is 2.20. The predicted octanol–water partition coefficient (Wildman–Crippen LogP) is 1.70. The number of hydrogen-bond donors (Lipinski definition) is 1. The summed E-state index contributed by atoms with van der Waals surface area (Å²) in [7, 11) is 0. The van der Waals surface area contributed by atoms with Crippen molar-refractivity contribution >= 4 is 0 Å². The number of nitrogens with two attached hydrogens (primary N) is 1. The maximum atomic E-state index is 5.95. The molecule has 13 heavy (non-hydrogen) atoms. The highest BCUT2D eigenvalue weighted by molar-refractivity contribution is 4.77. The molecule has 0 amide bonds. The maximum absolute atomic E-state index is 5.95. The summed E-state index contributed by atoms with van der Waals surface area (Å²) in [6, 6.07) is 0.373. The molecule has 0 saturated carbocycles. The molecule has 78 valence electrons. The van der Waals surface area contributed by atoms with Crippen LogP contribution in [0.3, 0.4) is 0 Å². The summed E-state index contributed by atoms with van der Waals surface area (Å²) >= 11 is 0. The van der Waals surface area contributed by atoms with Crippen molar-refractivity contribution in [3.8, 4) is 0 Å². The largest absolute Gasteiger partial charge is 0.327 e. The van der Waals surface area contributed by atoms with Gasteiger partial charge in [-0.15, -0.1) is 0 Å². The second-order valence-electron chi connectivity index (χ2n) is 4.83. The highest BCUT2D eigenvalue weighted by atomic mass is 15.1. The number of likely N-dealkylation sites (tertiary alicyclic amines) is 1. The van der Waals surface area contributed by atoms with Crippen molar-refractivity contribution in [1.82, 2.24) is 4.90 Å². The molecule has 0 aromatic rings. The van der Waals surface area contributed by atoms with Crippen molar-refractivity contribution in [3.63, 3.8) is 0 Å². The first-order valence-corrected chi connectivity index (χ1v) is 5.59. The minimum absolute atomic E-state index is 0.373. The number of rotatable bonds is 3. The van der Waals surface area contributed by atoms with Crippen LogP contribution in [0.15, 0.2) is 0 Å². The van der Waals surface area contributed by atoms with Crippen molar-refractivity contribution in [2.24, 2.45) is 17.6 Å². The Morgan fingerprint density at radius 3 is 2.31 bits per heavy atom. The van der Waals surface area contributed by atoms with E-state index in [9.17, 15) is 0 Å². The van der Waals surface area contributed by atoms with Crippen LogP contribution in [0.4, 0.5) is 0 Å². The summed E-state index contributed by atoms with van der Waals surface area (Å²) < 4.78 is 0. The average Bonchev–Trinajstić information content (AvgIpc) is 2.02. The first kappa shape index (κ1) is 11.0. The van der Waals surface area contributed by atoms with Gasteiger partial charge in [-0.3, -0.25) is 0 Å². The van der Waals surface area contributed by atoms with Gasteiger partial charge in [0.1, 0.15) is 0 Å². The predicted molar refractivity (Wildman–Crippen MR) is 57.7 cm³/mol. The molecule has 2 heteroatoms. The van der Waals surface area contributed by atoms with Gasteiger partial charge in [-0.2, -0.15) is 0 Å². The zero-order chi connectivity index (χ0) is 9.84. The smallest absolute Gasteiger partial charge is 0.0165 e. The summed E-state index contributed by atoms with van der Waals surface area (Å²) in [6.45, 7) is 10.4. The van der Waals surface area contributed by atoms with Crippen LogP contribution in [0, 0.1) is 11.8 Å².